The van der Waals surface area contributed by atoms with Gasteiger partial charge >= 0.3 is 0 Å². The van der Waals surface area contributed by atoms with Crippen molar-refractivity contribution in [1.29, 1.82) is 0 Å². The lowest BCUT2D eigenvalue weighted by Crippen LogP contribution is -2.00. The van der Waals surface area contributed by atoms with Gasteiger partial charge in [-0.25, -0.2) is 4.98 Å². The highest BCUT2D eigenvalue weighted by Crippen LogP contribution is 2.32. The molecule has 1 N–H and O–H groups in total. The van der Waals surface area contributed by atoms with Crippen LogP contribution in [0, 0.1) is 0 Å². The maximum Gasteiger partial charge on any atom is 0.0949 e. The number of imidazole rings is 1. The molecule has 3 aromatic rings. The maximum absolute atomic E-state index is 4.07. The molecule has 0 aliphatic heterocycles. The van der Waals surface area contributed by atoms with Crippen molar-refractivity contribution in [3.8, 4) is 0 Å². The molecule has 3 nitrogen and oxygen atoms in total. The number of hydrogen-bond donors (Lipinski definition) is 1. The van der Waals surface area contributed by atoms with Crippen molar-refractivity contribution in [2.75, 3.05) is 5.32 Å². The fourth-order valence-electron chi connectivity index (χ4n) is 2.04. The van der Waals surface area contributed by atoms with Gasteiger partial charge < -0.3 is 9.88 Å². The molecule has 0 aliphatic rings. The third-order valence-electron chi connectivity index (χ3n) is 3.01. The molecule has 0 amide bonds. The lowest BCUT2D eigenvalue weighted by atomic mass is 10.2. The van der Waals surface area contributed by atoms with Crippen LogP contribution in [0.3, 0.4) is 0 Å². The predicted octanol–water partition coefficient (Wildman–Crippen LogP) is 5.13. The molecule has 0 fully saturated rings. The van der Waals surface area contributed by atoms with Gasteiger partial charge in [-0.05, 0) is 55.6 Å². The van der Waals surface area contributed by atoms with Gasteiger partial charge in [0.05, 0.1) is 10.1 Å². The number of rotatable bonds is 5. The Bertz CT molecular complexity index is 703. The van der Waals surface area contributed by atoms with Gasteiger partial charge in [-0.15, -0.1) is 11.3 Å². The van der Waals surface area contributed by atoms with Crippen LogP contribution in [0.1, 0.15) is 10.4 Å². The molecule has 2 aromatic heterocycles. The van der Waals surface area contributed by atoms with E-state index in [0.717, 1.165) is 27.0 Å². The minimum atomic E-state index is 0.823. The fourth-order valence-corrected chi connectivity index (χ4v) is 4.16. The van der Waals surface area contributed by atoms with E-state index in [1.54, 1.807) is 17.5 Å². The van der Waals surface area contributed by atoms with Crippen LogP contribution < -0.4 is 5.32 Å². The average molecular weight is 427 g/mol. The molecule has 0 saturated heterocycles. The number of benzene rings is 1. The summed E-state index contributed by atoms with van der Waals surface area (Å²) < 4.78 is 4.30. The van der Waals surface area contributed by atoms with Crippen molar-refractivity contribution in [2.24, 2.45) is 0 Å². The van der Waals surface area contributed by atoms with E-state index in [1.807, 2.05) is 12.5 Å². The topological polar surface area (TPSA) is 29.9 Å². The van der Waals surface area contributed by atoms with E-state index in [2.05, 4.69) is 77.1 Å². The Morgan fingerprint density at radius 2 is 2.14 bits per heavy atom. The Balaban J connectivity index is 1.65. The van der Waals surface area contributed by atoms with Crippen molar-refractivity contribution in [1.82, 2.24) is 9.55 Å². The van der Waals surface area contributed by atoms with E-state index in [4.69, 9.17) is 0 Å². The molecule has 0 saturated carbocycles. The first-order chi connectivity index (χ1) is 10.2. The van der Waals surface area contributed by atoms with Gasteiger partial charge in [0.2, 0.25) is 0 Å². The molecule has 21 heavy (non-hydrogen) atoms. The van der Waals surface area contributed by atoms with Crippen LogP contribution in [0.5, 0.6) is 0 Å². The minimum Gasteiger partial charge on any atom is -0.380 e. The first-order valence-corrected chi connectivity index (χ1v) is 8.83. The molecule has 0 spiro atoms. The monoisotopic (exact) mass is 425 g/mol. The second-order valence-corrected chi connectivity index (χ2v) is 7.93. The summed E-state index contributed by atoms with van der Waals surface area (Å²) in [5.74, 6) is 0. The number of hydrogen-bond acceptors (Lipinski definition) is 3. The van der Waals surface area contributed by atoms with E-state index >= 15 is 0 Å². The smallest absolute Gasteiger partial charge is 0.0949 e. The Labute approximate surface area is 144 Å². The van der Waals surface area contributed by atoms with Gasteiger partial charge in [-0.1, -0.05) is 12.1 Å². The molecular weight excluding hydrogens is 414 g/mol. The Hall–Kier alpha value is -1.11. The minimum absolute atomic E-state index is 0.823. The summed E-state index contributed by atoms with van der Waals surface area (Å²) in [5, 5.41) is 3.47. The molecule has 2 heterocycles. The van der Waals surface area contributed by atoms with Crippen LogP contribution in [0.15, 0.2) is 57.3 Å². The van der Waals surface area contributed by atoms with Crippen LogP contribution in [0.2, 0.25) is 0 Å². The van der Waals surface area contributed by atoms with Gasteiger partial charge in [0.1, 0.15) is 0 Å². The molecule has 0 aliphatic carbocycles. The quantitative estimate of drug-likeness (QED) is 0.612. The number of nitrogens with zero attached hydrogens (tertiary/aromatic N) is 2. The Morgan fingerprint density at radius 1 is 1.24 bits per heavy atom. The number of thiophene rings is 1. The van der Waals surface area contributed by atoms with Crippen molar-refractivity contribution in [3.63, 3.8) is 0 Å². The molecule has 0 atom stereocenters. The van der Waals surface area contributed by atoms with Crippen LogP contribution in [0.25, 0.3) is 0 Å². The molecule has 1 aromatic carbocycles. The molecule has 0 unspecified atom stereocenters. The summed E-state index contributed by atoms with van der Waals surface area (Å²) in [6.45, 7) is 1.66. The van der Waals surface area contributed by atoms with Gasteiger partial charge in [-0.3, -0.25) is 0 Å². The number of nitrogens with one attached hydrogen (secondary N) is 1. The van der Waals surface area contributed by atoms with Crippen molar-refractivity contribution in [3.05, 3.63) is 67.8 Å². The van der Waals surface area contributed by atoms with E-state index in [-0.39, 0.29) is 0 Å². The van der Waals surface area contributed by atoms with Crippen LogP contribution in [-0.2, 0) is 13.1 Å². The van der Waals surface area contributed by atoms with E-state index in [9.17, 15) is 0 Å². The zero-order valence-corrected chi connectivity index (χ0v) is 15.1. The van der Waals surface area contributed by atoms with E-state index in [1.165, 1.54) is 10.4 Å². The summed E-state index contributed by atoms with van der Waals surface area (Å²) in [6, 6.07) is 10.6. The summed E-state index contributed by atoms with van der Waals surface area (Å²) in [7, 11) is 0. The predicted molar refractivity (Wildman–Crippen MR) is 94.8 cm³/mol. The lowest BCUT2D eigenvalue weighted by Gasteiger charge is -2.08. The second-order valence-electron chi connectivity index (χ2n) is 4.62. The third kappa shape index (κ3) is 3.96. The van der Waals surface area contributed by atoms with Crippen molar-refractivity contribution in [2.45, 2.75) is 13.1 Å². The molecule has 108 valence electrons. The number of aromatic nitrogens is 2. The highest BCUT2D eigenvalue weighted by Gasteiger charge is 2.04. The number of anilines is 1. The second kappa shape index (κ2) is 6.77. The third-order valence-corrected chi connectivity index (χ3v) is 6.27. The fraction of sp³-hybridized carbons (Fsp3) is 0.133. The van der Waals surface area contributed by atoms with Gasteiger partial charge in [0.15, 0.2) is 0 Å². The molecule has 3 rings (SSSR count). The van der Waals surface area contributed by atoms with Crippen LogP contribution >= 0.6 is 43.2 Å². The van der Waals surface area contributed by atoms with Crippen molar-refractivity contribution < 1.29 is 0 Å². The molecular formula is C15H13Br2N3S. The van der Waals surface area contributed by atoms with E-state index < -0.39 is 0 Å². The highest BCUT2D eigenvalue weighted by molar-refractivity contribution is 9.13. The summed E-state index contributed by atoms with van der Waals surface area (Å²) in [4.78, 5) is 5.35. The summed E-state index contributed by atoms with van der Waals surface area (Å²) in [5.41, 5.74) is 2.39. The van der Waals surface area contributed by atoms with Crippen LogP contribution in [-0.4, -0.2) is 9.55 Å². The average Bonchev–Trinajstić information content (AvgIpc) is 3.08. The van der Waals surface area contributed by atoms with Gasteiger partial charge in [0.25, 0.3) is 0 Å². The molecule has 0 bridgehead atoms. The van der Waals surface area contributed by atoms with Gasteiger partial charge in [-0.2, -0.15) is 0 Å². The SMILES string of the molecule is Brc1cc(CNc2cccc(Cn3ccnc3)c2)sc1Br. The molecule has 0 radical (unpaired) electrons. The van der Waals surface area contributed by atoms with Crippen molar-refractivity contribution >= 4 is 48.9 Å². The van der Waals surface area contributed by atoms with Gasteiger partial charge in [0, 0.05) is 40.5 Å². The zero-order valence-electron chi connectivity index (χ0n) is 11.1. The molecule has 6 heteroatoms. The summed E-state index contributed by atoms with van der Waals surface area (Å²) >= 11 is 8.77. The van der Waals surface area contributed by atoms with Crippen LogP contribution in [0.4, 0.5) is 5.69 Å². The normalized spacial score (nSPS) is 10.8. The van der Waals surface area contributed by atoms with E-state index in [0.29, 0.717) is 0 Å². The number of halogens is 2. The first-order valence-electron chi connectivity index (χ1n) is 6.43. The maximum atomic E-state index is 4.07. The standard InChI is InChI=1S/C15H13Br2N3S/c16-14-7-13(21-15(14)17)8-19-12-3-1-2-11(6-12)9-20-5-4-18-10-20/h1-7,10,19H,8-9H2. The Morgan fingerprint density at radius 3 is 2.86 bits per heavy atom. The lowest BCUT2D eigenvalue weighted by molar-refractivity contribution is 0.797. The largest absolute Gasteiger partial charge is 0.380 e. The Kier molecular flexibility index (Phi) is 4.77. The highest BCUT2D eigenvalue weighted by atomic mass is 79.9. The summed E-state index contributed by atoms with van der Waals surface area (Å²) in [6.07, 6.45) is 5.61. The zero-order chi connectivity index (χ0) is 14.7. The first kappa shape index (κ1) is 14.8.